The van der Waals surface area contributed by atoms with E-state index in [0.717, 1.165) is 25.8 Å². The number of amides is 2. The smallest absolute Gasteiger partial charge is 0.240 e. The molecule has 0 unspecified atom stereocenters. The zero-order valence-corrected chi connectivity index (χ0v) is 10.5. The first-order valence-corrected chi connectivity index (χ1v) is 5.89. The summed E-state index contributed by atoms with van der Waals surface area (Å²) in [6, 6.07) is 2.26. The summed E-state index contributed by atoms with van der Waals surface area (Å²) >= 11 is 0. The molecule has 1 saturated heterocycles. The Morgan fingerprint density at radius 3 is 2.41 bits per heavy atom. The van der Waals surface area contributed by atoms with Crippen LogP contribution >= 0.6 is 0 Å². The molecule has 0 aliphatic carbocycles. The zero-order valence-electron chi connectivity index (χ0n) is 10.5. The highest BCUT2D eigenvalue weighted by Crippen LogP contribution is 2.21. The van der Waals surface area contributed by atoms with E-state index in [1.54, 1.807) is 0 Å². The number of imide groups is 1. The van der Waals surface area contributed by atoms with Gasteiger partial charge in [0.25, 0.3) is 0 Å². The SMILES string of the molecule is CC(C)(C#N)CCCCN1CC(=O)NC(=O)C1. The quantitative estimate of drug-likeness (QED) is 0.563. The normalized spacial score (nSPS) is 17.7. The number of nitrogens with zero attached hydrogens (tertiary/aromatic N) is 2. The van der Waals surface area contributed by atoms with Crippen molar-refractivity contribution in [1.29, 1.82) is 5.26 Å². The summed E-state index contributed by atoms with van der Waals surface area (Å²) in [5.41, 5.74) is -0.283. The van der Waals surface area contributed by atoms with Crippen molar-refractivity contribution < 1.29 is 9.59 Å². The van der Waals surface area contributed by atoms with Gasteiger partial charge in [0, 0.05) is 0 Å². The van der Waals surface area contributed by atoms with E-state index in [4.69, 9.17) is 5.26 Å². The van der Waals surface area contributed by atoms with E-state index in [1.165, 1.54) is 0 Å². The highest BCUT2D eigenvalue weighted by Gasteiger charge is 2.22. The van der Waals surface area contributed by atoms with Crippen molar-refractivity contribution in [3.8, 4) is 6.07 Å². The van der Waals surface area contributed by atoms with Gasteiger partial charge in [-0.2, -0.15) is 5.26 Å². The number of hydrogen-bond donors (Lipinski definition) is 1. The van der Waals surface area contributed by atoms with Gasteiger partial charge in [-0.05, 0) is 33.2 Å². The molecule has 0 atom stereocenters. The first kappa shape index (κ1) is 13.7. The van der Waals surface area contributed by atoms with Crippen LogP contribution < -0.4 is 5.32 Å². The molecule has 0 radical (unpaired) electrons. The van der Waals surface area contributed by atoms with Crippen LogP contribution in [0.3, 0.4) is 0 Å². The predicted molar refractivity (Wildman–Crippen MR) is 62.8 cm³/mol. The molecule has 1 N–H and O–H groups in total. The highest BCUT2D eigenvalue weighted by molar-refractivity contribution is 5.99. The molecule has 1 aliphatic heterocycles. The third-order valence-corrected chi connectivity index (χ3v) is 2.84. The number of carbonyl (C=O) groups excluding carboxylic acids is 2. The van der Waals surface area contributed by atoms with Crippen molar-refractivity contribution in [2.24, 2.45) is 5.41 Å². The van der Waals surface area contributed by atoms with Gasteiger partial charge in [-0.25, -0.2) is 0 Å². The second kappa shape index (κ2) is 5.78. The molecule has 5 nitrogen and oxygen atoms in total. The third kappa shape index (κ3) is 4.96. The lowest BCUT2D eigenvalue weighted by Crippen LogP contribution is -2.51. The van der Waals surface area contributed by atoms with Crippen LogP contribution in [0.2, 0.25) is 0 Å². The lowest BCUT2D eigenvalue weighted by molar-refractivity contribution is -0.136. The number of rotatable bonds is 5. The van der Waals surface area contributed by atoms with Crippen LogP contribution in [0.15, 0.2) is 0 Å². The van der Waals surface area contributed by atoms with Crippen LogP contribution in [-0.2, 0) is 9.59 Å². The monoisotopic (exact) mass is 237 g/mol. The molecule has 5 heteroatoms. The Hall–Kier alpha value is -1.41. The van der Waals surface area contributed by atoms with Gasteiger partial charge in [-0.3, -0.25) is 19.8 Å². The Labute approximate surface area is 102 Å². The molecule has 0 aromatic heterocycles. The third-order valence-electron chi connectivity index (χ3n) is 2.84. The Bertz CT molecular complexity index is 328. The molecule has 0 spiro atoms. The summed E-state index contributed by atoms with van der Waals surface area (Å²) in [5.74, 6) is -0.447. The number of piperazine rings is 1. The maximum absolute atomic E-state index is 11.1. The minimum Gasteiger partial charge on any atom is -0.294 e. The second-order valence-electron chi connectivity index (χ2n) is 5.13. The standard InChI is InChI=1S/C12H19N3O2/c1-12(2,9-13)5-3-4-6-15-7-10(16)14-11(17)8-15/h3-8H2,1-2H3,(H,14,16,17). The Balaban J connectivity index is 2.21. The summed E-state index contributed by atoms with van der Waals surface area (Å²) in [5, 5.41) is 11.1. The van der Waals surface area contributed by atoms with Gasteiger partial charge in [-0.1, -0.05) is 6.42 Å². The molecule has 94 valence electrons. The van der Waals surface area contributed by atoms with Crippen LogP contribution in [0.25, 0.3) is 0 Å². The van der Waals surface area contributed by atoms with Crippen LogP contribution in [-0.4, -0.2) is 36.3 Å². The van der Waals surface area contributed by atoms with E-state index < -0.39 is 0 Å². The fourth-order valence-electron chi connectivity index (χ4n) is 1.81. The van der Waals surface area contributed by atoms with Crippen molar-refractivity contribution in [3.63, 3.8) is 0 Å². The minimum absolute atomic E-state index is 0.224. The Morgan fingerprint density at radius 1 is 1.29 bits per heavy atom. The van der Waals surface area contributed by atoms with E-state index in [9.17, 15) is 9.59 Å². The lowest BCUT2D eigenvalue weighted by atomic mass is 9.89. The number of hydrogen-bond acceptors (Lipinski definition) is 4. The molecular formula is C12H19N3O2. The summed E-state index contributed by atoms with van der Waals surface area (Å²) in [7, 11) is 0. The van der Waals surface area contributed by atoms with Crippen molar-refractivity contribution in [2.45, 2.75) is 33.1 Å². The maximum Gasteiger partial charge on any atom is 0.240 e. The molecule has 1 aliphatic rings. The number of nitrogens with one attached hydrogen (secondary N) is 1. The van der Waals surface area contributed by atoms with Gasteiger partial charge in [-0.15, -0.1) is 0 Å². The van der Waals surface area contributed by atoms with Crippen molar-refractivity contribution >= 4 is 11.8 Å². The Morgan fingerprint density at radius 2 is 1.88 bits per heavy atom. The molecule has 0 saturated carbocycles. The molecule has 0 aromatic carbocycles. The first-order valence-electron chi connectivity index (χ1n) is 5.89. The van der Waals surface area contributed by atoms with Gasteiger partial charge < -0.3 is 0 Å². The largest absolute Gasteiger partial charge is 0.294 e. The average Bonchev–Trinajstić information content (AvgIpc) is 2.23. The zero-order chi connectivity index (χ0) is 12.9. The fourth-order valence-corrected chi connectivity index (χ4v) is 1.81. The van der Waals surface area contributed by atoms with Gasteiger partial charge in [0.1, 0.15) is 0 Å². The van der Waals surface area contributed by atoms with Gasteiger partial charge in [0.15, 0.2) is 0 Å². The molecule has 0 aromatic rings. The lowest BCUT2D eigenvalue weighted by Gasteiger charge is -2.25. The van der Waals surface area contributed by atoms with Crippen LogP contribution in [0.4, 0.5) is 0 Å². The topological polar surface area (TPSA) is 73.2 Å². The molecule has 1 fully saturated rings. The van der Waals surface area contributed by atoms with Crippen LogP contribution in [0, 0.1) is 16.7 Å². The van der Waals surface area contributed by atoms with E-state index in [0.29, 0.717) is 13.1 Å². The fraction of sp³-hybridized carbons (Fsp3) is 0.750. The molecule has 2 amide bonds. The molecule has 0 bridgehead atoms. The summed E-state index contributed by atoms with van der Waals surface area (Å²) in [6.07, 6.45) is 2.69. The summed E-state index contributed by atoms with van der Waals surface area (Å²) < 4.78 is 0. The molecule has 17 heavy (non-hydrogen) atoms. The first-order chi connectivity index (χ1) is 7.93. The van der Waals surface area contributed by atoms with E-state index in [1.807, 2.05) is 18.7 Å². The highest BCUT2D eigenvalue weighted by atomic mass is 16.2. The van der Waals surface area contributed by atoms with Gasteiger partial charge >= 0.3 is 0 Å². The van der Waals surface area contributed by atoms with Crippen LogP contribution in [0.1, 0.15) is 33.1 Å². The molecular weight excluding hydrogens is 218 g/mol. The average molecular weight is 237 g/mol. The number of carbonyl (C=O) groups is 2. The molecule has 1 rings (SSSR count). The summed E-state index contributed by atoms with van der Waals surface area (Å²) in [4.78, 5) is 24.1. The van der Waals surface area contributed by atoms with Crippen LogP contribution in [0.5, 0.6) is 0 Å². The summed E-state index contributed by atoms with van der Waals surface area (Å²) in [6.45, 7) is 5.18. The number of unbranched alkanes of at least 4 members (excludes halogenated alkanes) is 1. The van der Waals surface area contributed by atoms with E-state index >= 15 is 0 Å². The van der Waals surface area contributed by atoms with Gasteiger partial charge in [0.05, 0.1) is 24.6 Å². The van der Waals surface area contributed by atoms with Crippen molar-refractivity contribution in [2.75, 3.05) is 19.6 Å². The molecule has 1 heterocycles. The number of nitriles is 1. The minimum atomic E-state index is -0.283. The predicted octanol–water partition coefficient (Wildman–Crippen LogP) is 0.665. The second-order valence-corrected chi connectivity index (χ2v) is 5.13. The Kier molecular flexibility index (Phi) is 4.64. The van der Waals surface area contributed by atoms with Crippen molar-refractivity contribution in [3.05, 3.63) is 0 Å². The van der Waals surface area contributed by atoms with Crippen molar-refractivity contribution in [1.82, 2.24) is 10.2 Å². The maximum atomic E-state index is 11.1. The van der Waals surface area contributed by atoms with E-state index in [2.05, 4.69) is 11.4 Å². The van der Waals surface area contributed by atoms with Gasteiger partial charge in [0.2, 0.25) is 11.8 Å². The van der Waals surface area contributed by atoms with E-state index in [-0.39, 0.29) is 17.2 Å².